The maximum atomic E-state index is 10.4. The maximum absolute atomic E-state index is 10.4. The fraction of sp³-hybridized carbons (Fsp3) is 0. The van der Waals surface area contributed by atoms with Gasteiger partial charge in [0.1, 0.15) is 0 Å². The van der Waals surface area contributed by atoms with Gasteiger partial charge in [-0.15, -0.1) is 0 Å². The van der Waals surface area contributed by atoms with Gasteiger partial charge < -0.3 is 20.4 Å². The van der Waals surface area contributed by atoms with E-state index in [9.17, 15) is 19.2 Å². The van der Waals surface area contributed by atoms with Crippen LogP contribution in [0.2, 0.25) is 0 Å². The van der Waals surface area contributed by atoms with E-state index < -0.39 is 23.9 Å². The van der Waals surface area contributed by atoms with Crippen LogP contribution in [0.3, 0.4) is 0 Å². The molecule has 0 aromatic heterocycles. The van der Waals surface area contributed by atoms with Gasteiger partial charge in [0.05, 0.1) is 22.3 Å². The fourth-order valence-corrected chi connectivity index (χ4v) is 1.57. The number of carboxylic acid groups (broad SMARTS) is 4. The first-order valence-electron chi connectivity index (χ1n) is 6.35. The smallest absolute Gasteiger partial charge is 0.335 e. The Morgan fingerprint density at radius 1 is 0.520 bits per heavy atom. The van der Waals surface area contributed by atoms with Crippen molar-refractivity contribution in [2.75, 3.05) is 0 Å². The van der Waals surface area contributed by atoms with Crippen LogP contribution in [0.15, 0.2) is 48.5 Å². The first kappa shape index (κ1) is 23.4. The number of hydrogen-bond donors (Lipinski definition) is 4. The molecule has 2 aromatic rings. The summed E-state index contributed by atoms with van der Waals surface area (Å²) >= 11 is 0. The van der Waals surface area contributed by atoms with Crippen molar-refractivity contribution in [2.45, 2.75) is 0 Å². The molecule has 0 aliphatic carbocycles. The van der Waals surface area contributed by atoms with E-state index in [4.69, 9.17) is 20.4 Å². The van der Waals surface area contributed by atoms with Crippen LogP contribution in [-0.4, -0.2) is 113 Å². The van der Waals surface area contributed by atoms with E-state index in [1.54, 1.807) is 0 Å². The summed E-state index contributed by atoms with van der Waals surface area (Å²) in [6.07, 6.45) is 0. The summed E-state index contributed by atoms with van der Waals surface area (Å²) in [7, 11) is 0. The van der Waals surface area contributed by atoms with E-state index in [-0.39, 0.29) is 91.1 Å². The molecule has 0 heterocycles. The molecule has 1 radical (unpaired) electrons. The standard InChI is InChI=1S/2C8H6O4.Cs/c2*9-7(10)5-2-1-3-6(4-5)8(11)12;/h2*1-4H,(H,9,10)(H,11,12);. The molecule has 0 amide bonds. The van der Waals surface area contributed by atoms with E-state index in [0.29, 0.717) is 0 Å². The Morgan fingerprint density at radius 2 is 0.720 bits per heavy atom. The molecule has 0 atom stereocenters. The molecule has 9 heteroatoms. The van der Waals surface area contributed by atoms with Gasteiger partial charge in [-0.05, 0) is 36.4 Å². The third-order valence-electron chi connectivity index (χ3n) is 2.71. The zero-order chi connectivity index (χ0) is 18.3. The van der Waals surface area contributed by atoms with Crippen LogP contribution < -0.4 is 0 Å². The summed E-state index contributed by atoms with van der Waals surface area (Å²) in [6.45, 7) is 0. The van der Waals surface area contributed by atoms with E-state index >= 15 is 0 Å². The fourth-order valence-electron chi connectivity index (χ4n) is 1.57. The van der Waals surface area contributed by atoms with Crippen molar-refractivity contribution in [1.82, 2.24) is 0 Å². The van der Waals surface area contributed by atoms with Gasteiger partial charge in [-0.2, -0.15) is 0 Å². The summed E-state index contributed by atoms with van der Waals surface area (Å²) < 4.78 is 0. The zero-order valence-corrected chi connectivity index (χ0v) is 19.3. The number of carboxylic acids is 4. The molecule has 4 N–H and O–H groups in total. The van der Waals surface area contributed by atoms with Gasteiger partial charge in [0.15, 0.2) is 0 Å². The second-order valence-electron chi connectivity index (χ2n) is 4.38. The third-order valence-corrected chi connectivity index (χ3v) is 2.71. The number of hydrogen-bond acceptors (Lipinski definition) is 4. The molecule has 0 saturated carbocycles. The van der Waals surface area contributed by atoms with Crippen LogP contribution in [0.5, 0.6) is 0 Å². The van der Waals surface area contributed by atoms with Crippen molar-refractivity contribution in [3.63, 3.8) is 0 Å². The van der Waals surface area contributed by atoms with Crippen LogP contribution in [0, 0.1) is 0 Å². The third kappa shape index (κ3) is 7.86. The van der Waals surface area contributed by atoms with E-state index in [1.165, 1.54) is 36.4 Å². The summed E-state index contributed by atoms with van der Waals surface area (Å²) in [5, 5.41) is 34.0. The van der Waals surface area contributed by atoms with Crippen molar-refractivity contribution in [3.05, 3.63) is 70.8 Å². The average molecular weight is 465 g/mol. The van der Waals surface area contributed by atoms with Gasteiger partial charge in [0.2, 0.25) is 0 Å². The first-order valence-corrected chi connectivity index (χ1v) is 6.35. The SMILES string of the molecule is O=C(O)c1cccc(C(=O)O)c1.O=C(O)c1cccc(C(=O)O)c1.[Cs]. The molecule has 0 bridgehead atoms. The molecule has 0 saturated heterocycles. The Kier molecular flexibility index (Phi) is 10.4. The topological polar surface area (TPSA) is 149 Å². The molecule has 2 aromatic carbocycles. The van der Waals surface area contributed by atoms with Crippen LogP contribution in [0.25, 0.3) is 0 Å². The van der Waals surface area contributed by atoms with E-state index in [2.05, 4.69) is 0 Å². The first-order chi connectivity index (χ1) is 11.2. The quantitative estimate of drug-likeness (QED) is 0.534. The van der Waals surface area contributed by atoms with Gasteiger partial charge in [0, 0.05) is 68.9 Å². The minimum atomic E-state index is -1.13. The van der Waals surface area contributed by atoms with Crippen molar-refractivity contribution < 1.29 is 39.6 Å². The molecular weight excluding hydrogens is 453 g/mol. The van der Waals surface area contributed by atoms with Crippen LogP contribution >= 0.6 is 0 Å². The Morgan fingerprint density at radius 3 is 0.880 bits per heavy atom. The maximum Gasteiger partial charge on any atom is 0.335 e. The minimum absolute atomic E-state index is 0. The summed E-state index contributed by atoms with van der Waals surface area (Å²) in [4.78, 5) is 41.5. The molecule has 2 rings (SSSR count). The van der Waals surface area contributed by atoms with Crippen molar-refractivity contribution in [1.29, 1.82) is 0 Å². The predicted molar refractivity (Wildman–Crippen MR) is 86.5 cm³/mol. The average Bonchev–Trinajstić information content (AvgIpc) is 2.55. The second-order valence-corrected chi connectivity index (χ2v) is 4.38. The molecule has 0 fully saturated rings. The van der Waals surface area contributed by atoms with Gasteiger partial charge in [-0.1, -0.05) is 12.1 Å². The number of carbonyl (C=O) groups is 4. The number of benzene rings is 2. The Hall–Kier alpha value is -1.63. The van der Waals surface area contributed by atoms with Gasteiger partial charge >= 0.3 is 23.9 Å². The van der Waals surface area contributed by atoms with Crippen LogP contribution in [0.4, 0.5) is 0 Å². The molecule has 0 unspecified atom stereocenters. The monoisotopic (exact) mass is 465 g/mol. The molecule has 125 valence electrons. The van der Waals surface area contributed by atoms with Gasteiger partial charge in [-0.3, -0.25) is 0 Å². The Balaban J connectivity index is 0.000000443. The van der Waals surface area contributed by atoms with Gasteiger partial charge in [-0.25, -0.2) is 19.2 Å². The summed E-state index contributed by atoms with van der Waals surface area (Å²) in [6, 6.07) is 10.4. The van der Waals surface area contributed by atoms with Crippen LogP contribution in [0.1, 0.15) is 41.4 Å². The normalized spacial score (nSPS) is 8.96. The largest absolute Gasteiger partial charge is 0.478 e. The van der Waals surface area contributed by atoms with Gasteiger partial charge in [0.25, 0.3) is 0 Å². The summed E-state index contributed by atoms with van der Waals surface area (Å²) in [5.74, 6) is -4.51. The van der Waals surface area contributed by atoms with E-state index in [0.717, 1.165) is 12.1 Å². The minimum Gasteiger partial charge on any atom is -0.478 e. The van der Waals surface area contributed by atoms with Crippen LogP contribution in [-0.2, 0) is 0 Å². The van der Waals surface area contributed by atoms with Crippen molar-refractivity contribution in [3.8, 4) is 0 Å². The molecule has 0 aliphatic heterocycles. The predicted octanol–water partition coefficient (Wildman–Crippen LogP) is 1.79. The van der Waals surface area contributed by atoms with E-state index in [1.807, 2.05) is 0 Å². The summed E-state index contributed by atoms with van der Waals surface area (Å²) in [5.41, 5.74) is -0.0744. The Labute approximate surface area is 200 Å². The molecular formula is C16H12CsO8. The van der Waals surface area contributed by atoms with Crippen molar-refractivity contribution in [2.24, 2.45) is 0 Å². The zero-order valence-electron chi connectivity index (χ0n) is 13.0. The molecule has 0 aliphatic rings. The number of rotatable bonds is 4. The Bertz CT molecular complexity index is 674. The molecule has 8 nitrogen and oxygen atoms in total. The molecule has 0 spiro atoms. The van der Waals surface area contributed by atoms with Crippen molar-refractivity contribution >= 4 is 92.8 Å². The number of aromatic carboxylic acids is 4. The second kappa shape index (κ2) is 11.1. The molecule has 25 heavy (non-hydrogen) atoms.